The van der Waals surface area contributed by atoms with Crippen LogP contribution >= 0.6 is 0 Å². The Kier molecular flexibility index (Phi) is 5.60. The highest BCUT2D eigenvalue weighted by molar-refractivity contribution is 5.42. The predicted octanol–water partition coefficient (Wildman–Crippen LogP) is 2.69. The molecule has 1 aromatic carbocycles. The summed E-state index contributed by atoms with van der Waals surface area (Å²) in [4.78, 5) is 2.41. The van der Waals surface area contributed by atoms with Gasteiger partial charge in [-0.1, -0.05) is 6.42 Å². The molecular formula is C17H24N2O2. The zero-order valence-corrected chi connectivity index (χ0v) is 12.9. The summed E-state index contributed by atoms with van der Waals surface area (Å²) in [5.41, 5.74) is 1.71. The van der Waals surface area contributed by atoms with E-state index >= 15 is 0 Å². The number of piperidine rings is 1. The Labute approximate surface area is 127 Å². The predicted molar refractivity (Wildman–Crippen MR) is 82.1 cm³/mol. The number of methoxy groups -OCH3 is 1. The molecule has 1 aliphatic heterocycles. The van der Waals surface area contributed by atoms with Gasteiger partial charge in [-0.15, -0.1) is 0 Å². The molecule has 4 nitrogen and oxygen atoms in total. The van der Waals surface area contributed by atoms with E-state index in [4.69, 9.17) is 10.00 Å². The SMILES string of the molecule is COc1ccc(C#N)cc1CN1CCCCC1CC(C)O. The van der Waals surface area contributed by atoms with Crippen molar-refractivity contribution in [3.63, 3.8) is 0 Å². The Bertz CT molecular complexity index is 508. The van der Waals surface area contributed by atoms with Crippen molar-refractivity contribution in [2.24, 2.45) is 0 Å². The lowest BCUT2D eigenvalue weighted by molar-refractivity contribution is 0.0812. The molecule has 114 valence electrons. The third-order valence-corrected chi connectivity index (χ3v) is 4.15. The molecule has 0 aliphatic carbocycles. The fourth-order valence-electron chi connectivity index (χ4n) is 3.12. The number of hydrogen-bond acceptors (Lipinski definition) is 4. The molecule has 1 aliphatic rings. The third kappa shape index (κ3) is 4.20. The molecule has 0 bridgehead atoms. The molecule has 2 atom stereocenters. The molecule has 0 aromatic heterocycles. The summed E-state index contributed by atoms with van der Waals surface area (Å²) < 4.78 is 5.42. The van der Waals surface area contributed by atoms with Crippen LogP contribution in [0.3, 0.4) is 0 Å². The Morgan fingerprint density at radius 1 is 1.48 bits per heavy atom. The summed E-state index contributed by atoms with van der Waals surface area (Å²) in [6, 6.07) is 8.15. The van der Waals surface area contributed by atoms with Gasteiger partial charge in [0, 0.05) is 18.2 Å². The molecule has 0 spiro atoms. The molecule has 1 aromatic rings. The molecule has 0 saturated carbocycles. The average Bonchev–Trinajstić information content (AvgIpc) is 2.48. The van der Waals surface area contributed by atoms with E-state index in [-0.39, 0.29) is 6.10 Å². The normalized spacial score (nSPS) is 20.8. The van der Waals surface area contributed by atoms with E-state index in [9.17, 15) is 5.11 Å². The molecular weight excluding hydrogens is 264 g/mol. The van der Waals surface area contributed by atoms with Crippen LogP contribution in [0.4, 0.5) is 0 Å². The minimum Gasteiger partial charge on any atom is -0.496 e. The van der Waals surface area contributed by atoms with Crippen LogP contribution in [0.5, 0.6) is 5.75 Å². The van der Waals surface area contributed by atoms with Crippen molar-refractivity contribution in [3.05, 3.63) is 29.3 Å². The van der Waals surface area contributed by atoms with E-state index in [1.54, 1.807) is 13.2 Å². The molecule has 2 unspecified atom stereocenters. The molecule has 1 N–H and O–H groups in total. The number of benzene rings is 1. The van der Waals surface area contributed by atoms with Crippen molar-refractivity contribution in [1.82, 2.24) is 4.90 Å². The van der Waals surface area contributed by atoms with Gasteiger partial charge in [0.2, 0.25) is 0 Å². The number of ether oxygens (including phenoxy) is 1. The maximum absolute atomic E-state index is 9.68. The van der Waals surface area contributed by atoms with Crippen LogP contribution in [-0.2, 0) is 6.54 Å². The van der Waals surface area contributed by atoms with Crippen molar-refractivity contribution >= 4 is 0 Å². The van der Waals surface area contributed by atoms with Gasteiger partial charge >= 0.3 is 0 Å². The van der Waals surface area contributed by atoms with Crippen LogP contribution in [-0.4, -0.2) is 35.8 Å². The minimum atomic E-state index is -0.275. The van der Waals surface area contributed by atoms with Crippen molar-refractivity contribution in [1.29, 1.82) is 5.26 Å². The standard InChI is InChI=1S/C17H24N2O2/c1-13(20)9-16-5-3-4-8-19(16)12-15-10-14(11-18)6-7-17(15)21-2/h6-7,10,13,16,20H,3-5,8-9,12H2,1-2H3. The molecule has 0 radical (unpaired) electrons. The van der Waals surface area contributed by atoms with Gasteiger partial charge in [0.25, 0.3) is 0 Å². The van der Waals surface area contributed by atoms with E-state index < -0.39 is 0 Å². The smallest absolute Gasteiger partial charge is 0.123 e. The molecule has 21 heavy (non-hydrogen) atoms. The van der Waals surface area contributed by atoms with Gasteiger partial charge < -0.3 is 9.84 Å². The highest BCUT2D eigenvalue weighted by Crippen LogP contribution is 2.27. The second-order valence-corrected chi connectivity index (χ2v) is 5.84. The second-order valence-electron chi connectivity index (χ2n) is 5.84. The molecule has 1 saturated heterocycles. The van der Waals surface area contributed by atoms with Crippen molar-refractivity contribution in [3.8, 4) is 11.8 Å². The average molecular weight is 288 g/mol. The number of aliphatic hydroxyl groups is 1. The third-order valence-electron chi connectivity index (χ3n) is 4.15. The van der Waals surface area contributed by atoms with Crippen LogP contribution in [0.15, 0.2) is 18.2 Å². The number of nitriles is 1. The lowest BCUT2D eigenvalue weighted by Crippen LogP contribution is -2.40. The number of nitrogens with zero attached hydrogens (tertiary/aromatic N) is 2. The van der Waals surface area contributed by atoms with Crippen LogP contribution in [0, 0.1) is 11.3 Å². The van der Waals surface area contributed by atoms with Crippen LogP contribution in [0.1, 0.15) is 43.7 Å². The van der Waals surface area contributed by atoms with Gasteiger partial charge in [0.1, 0.15) is 5.75 Å². The van der Waals surface area contributed by atoms with Gasteiger partial charge in [-0.05, 0) is 50.9 Å². The quantitative estimate of drug-likeness (QED) is 0.905. The summed E-state index contributed by atoms with van der Waals surface area (Å²) in [6.45, 7) is 3.66. The fraction of sp³-hybridized carbons (Fsp3) is 0.588. The molecule has 1 heterocycles. The van der Waals surface area contributed by atoms with Gasteiger partial charge in [-0.25, -0.2) is 0 Å². The number of hydrogen-bond donors (Lipinski definition) is 1. The lowest BCUT2D eigenvalue weighted by atomic mass is 9.96. The van der Waals surface area contributed by atoms with Crippen molar-refractivity contribution in [2.75, 3.05) is 13.7 Å². The lowest BCUT2D eigenvalue weighted by Gasteiger charge is -2.36. The number of likely N-dealkylation sites (tertiary alicyclic amines) is 1. The molecule has 1 fully saturated rings. The van der Waals surface area contributed by atoms with E-state index in [0.29, 0.717) is 11.6 Å². The van der Waals surface area contributed by atoms with E-state index in [2.05, 4.69) is 11.0 Å². The highest BCUT2D eigenvalue weighted by Gasteiger charge is 2.24. The first-order valence-electron chi connectivity index (χ1n) is 7.63. The number of aliphatic hydroxyl groups excluding tert-OH is 1. The summed E-state index contributed by atoms with van der Waals surface area (Å²) >= 11 is 0. The maximum atomic E-state index is 9.68. The monoisotopic (exact) mass is 288 g/mol. The minimum absolute atomic E-state index is 0.275. The largest absolute Gasteiger partial charge is 0.496 e. The van der Waals surface area contributed by atoms with Crippen molar-refractivity contribution in [2.45, 2.75) is 51.3 Å². The zero-order chi connectivity index (χ0) is 15.2. The Morgan fingerprint density at radius 2 is 2.29 bits per heavy atom. The first kappa shape index (κ1) is 15.8. The first-order valence-corrected chi connectivity index (χ1v) is 7.63. The van der Waals surface area contributed by atoms with Crippen LogP contribution in [0.25, 0.3) is 0 Å². The van der Waals surface area contributed by atoms with E-state index in [1.165, 1.54) is 12.8 Å². The Morgan fingerprint density at radius 3 is 2.95 bits per heavy atom. The van der Waals surface area contributed by atoms with Gasteiger partial charge in [0.05, 0.1) is 24.8 Å². The first-order chi connectivity index (χ1) is 10.1. The van der Waals surface area contributed by atoms with Gasteiger partial charge in [-0.2, -0.15) is 5.26 Å². The summed E-state index contributed by atoms with van der Waals surface area (Å²) in [7, 11) is 1.66. The van der Waals surface area contributed by atoms with Gasteiger partial charge in [0.15, 0.2) is 0 Å². The molecule has 0 amide bonds. The van der Waals surface area contributed by atoms with Crippen LogP contribution in [0.2, 0.25) is 0 Å². The van der Waals surface area contributed by atoms with E-state index in [1.807, 2.05) is 19.1 Å². The van der Waals surface area contributed by atoms with Crippen LogP contribution < -0.4 is 4.74 Å². The highest BCUT2D eigenvalue weighted by atomic mass is 16.5. The van der Waals surface area contributed by atoms with E-state index in [0.717, 1.165) is 37.2 Å². The fourth-order valence-corrected chi connectivity index (χ4v) is 3.12. The summed E-state index contributed by atoms with van der Waals surface area (Å²) in [6.07, 6.45) is 4.08. The zero-order valence-electron chi connectivity index (χ0n) is 12.9. The summed E-state index contributed by atoms with van der Waals surface area (Å²) in [5, 5.41) is 18.7. The molecule has 2 rings (SSSR count). The molecule has 4 heteroatoms. The Balaban J connectivity index is 2.16. The maximum Gasteiger partial charge on any atom is 0.123 e. The topological polar surface area (TPSA) is 56.5 Å². The second kappa shape index (κ2) is 7.44. The van der Waals surface area contributed by atoms with Gasteiger partial charge in [-0.3, -0.25) is 4.90 Å². The van der Waals surface area contributed by atoms with Crippen molar-refractivity contribution < 1.29 is 9.84 Å². The summed E-state index contributed by atoms with van der Waals surface area (Å²) in [5.74, 6) is 0.829. The number of rotatable bonds is 5. The Hall–Kier alpha value is -1.57.